The molecular weight excluding hydrogens is 162 g/mol. The number of rotatable bonds is 1. The number of pyridine rings is 1. The van der Waals surface area contributed by atoms with Crippen molar-refractivity contribution in [3.05, 3.63) is 24.0 Å². The Morgan fingerprint density at radius 3 is 3.08 bits per heavy atom. The van der Waals surface area contributed by atoms with Crippen LogP contribution in [0.1, 0.15) is 24.3 Å². The lowest BCUT2D eigenvalue weighted by Gasteiger charge is -2.22. The van der Waals surface area contributed by atoms with E-state index in [9.17, 15) is 0 Å². The van der Waals surface area contributed by atoms with Crippen molar-refractivity contribution >= 4 is 5.69 Å². The maximum Gasteiger partial charge on any atom is 0.0503 e. The number of nitrogens with two attached hydrogens (primary N) is 1. The highest BCUT2D eigenvalue weighted by Gasteiger charge is 2.14. The minimum absolute atomic E-state index is 0.602. The van der Waals surface area contributed by atoms with E-state index in [4.69, 9.17) is 5.73 Å². The number of piperidine rings is 1. The van der Waals surface area contributed by atoms with Crippen molar-refractivity contribution in [1.82, 2.24) is 10.3 Å². The van der Waals surface area contributed by atoms with Crippen molar-refractivity contribution in [2.45, 2.75) is 18.8 Å². The lowest BCUT2D eigenvalue weighted by molar-refractivity contribution is 0.461. The summed E-state index contributed by atoms with van der Waals surface area (Å²) in [5.74, 6) is 0.602. The van der Waals surface area contributed by atoms with Gasteiger partial charge < -0.3 is 11.1 Å². The molecule has 1 atom stereocenters. The first-order valence-electron chi connectivity index (χ1n) is 4.77. The zero-order valence-electron chi connectivity index (χ0n) is 7.66. The molecule has 3 N–H and O–H groups in total. The van der Waals surface area contributed by atoms with Crippen LogP contribution in [-0.2, 0) is 0 Å². The Balaban J connectivity index is 2.14. The normalized spacial score (nSPS) is 22.9. The maximum atomic E-state index is 5.68. The topological polar surface area (TPSA) is 50.9 Å². The minimum atomic E-state index is 0.602. The van der Waals surface area contributed by atoms with Crippen LogP contribution in [0.2, 0.25) is 0 Å². The van der Waals surface area contributed by atoms with E-state index in [-0.39, 0.29) is 0 Å². The molecule has 0 aromatic carbocycles. The molecule has 1 aliphatic heterocycles. The molecule has 1 aromatic heterocycles. The van der Waals surface area contributed by atoms with Crippen molar-refractivity contribution in [3.8, 4) is 0 Å². The lowest BCUT2D eigenvalue weighted by atomic mass is 9.93. The molecule has 0 saturated carbocycles. The van der Waals surface area contributed by atoms with Gasteiger partial charge in [-0.15, -0.1) is 0 Å². The molecule has 0 spiro atoms. The van der Waals surface area contributed by atoms with Gasteiger partial charge in [0.05, 0.1) is 5.69 Å². The van der Waals surface area contributed by atoms with Gasteiger partial charge in [-0.2, -0.15) is 0 Å². The second-order valence-electron chi connectivity index (χ2n) is 3.59. The quantitative estimate of drug-likeness (QED) is 0.676. The average Bonchev–Trinajstić information content (AvgIpc) is 2.19. The smallest absolute Gasteiger partial charge is 0.0503 e. The van der Waals surface area contributed by atoms with E-state index in [0.29, 0.717) is 5.92 Å². The fourth-order valence-electron chi connectivity index (χ4n) is 1.84. The fourth-order valence-corrected chi connectivity index (χ4v) is 1.84. The van der Waals surface area contributed by atoms with Gasteiger partial charge >= 0.3 is 0 Å². The summed E-state index contributed by atoms with van der Waals surface area (Å²) >= 11 is 0. The summed E-state index contributed by atoms with van der Waals surface area (Å²) in [5.41, 5.74) is 7.72. The number of hydrogen-bond acceptors (Lipinski definition) is 3. The molecule has 1 aliphatic rings. The van der Waals surface area contributed by atoms with Gasteiger partial charge in [0.2, 0.25) is 0 Å². The maximum absolute atomic E-state index is 5.68. The number of anilines is 1. The lowest BCUT2D eigenvalue weighted by Crippen LogP contribution is -2.28. The first-order chi connectivity index (χ1) is 6.36. The van der Waals surface area contributed by atoms with Gasteiger partial charge in [0.15, 0.2) is 0 Å². The highest BCUT2D eigenvalue weighted by atomic mass is 14.9. The molecule has 0 amide bonds. The first kappa shape index (κ1) is 8.51. The van der Waals surface area contributed by atoms with Crippen LogP contribution in [0.15, 0.2) is 18.5 Å². The molecule has 2 heterocycles. The molecule has 70 valence electrons. The van der Waals surface area contributed by atoms with Gasteiger partial charge in [-0.05, 0) is 36.9 Å². The molecular formula is C10H15N3. The van der Waals surface area contributed by atoms with Crippen LogP contribution in [0.3, 0.4) is 0 Å². The van der Waals surface area contributed by atoms with E-state index in [1.54, 1.807) is 6.20 Å². The Hall–Kier alpha value is -1.09. The molecule has 1 unspecified atom stereocenters. The Morgan fingerprint density at radius 1 is 1.46 bits per heavy atom. The van der Waals surface area contributed by atoms with E-state index in [2.05, 4.69) is 10.3 Å². The van der Waals surface area contributed by atoms with Crippen molar-refractivity contribution in [1.29, 1.82) is 0 Å². The Kier molecular flexibility index (Phi) is 2.45. The summed E-state index contributed by atoms with van der Waals surface area (Å²) in [6.07, 6.45) is 6.12. The zero-order chi connectivity index (χ0) is 9.10. The van der Waals surface area contributed by atoms with Gasteiger partial charge in [-0.1, -0.05) is 0 Å². The van der Waals surface area contributed by atoms with Crippen LogP contribution < -0.4 is 11.1 Å². The third-order valence-corrected chi connectivity index (χ3v) is 2.55. The second-order valence-corrected chi connectivity index (χ2v) is 3.59. The van der Waals surface area contributed by atoms with E-state index < -0.39 is 0 Å². The monoisotopic (exact) mass is 177 g/mol. The minimum Gasteiger partial charge on any atom is -0.397 e. The predicted molar refractivity (Wildman–Crippen MR) is 53.5 cm³/mol. The van der Waals surface area contributed by atoms with E-state index in [1.165, 1.54) is 18.4 Å². The average molecular weight is 177 g/mol. The molecule has 0 aliphatic carbocycles. The summed E-state index contributed by atoms with van der Waals surface area (Å²) in [6, 6.07) is 2.03. The number of nitrogen functional groups attached to an aromatic ring is 1. The van der Waals surface area contributed by atoms with Gasteiger partial charge in [0.1, 0.15) is 0 Å². The molecule has 3 nitrogen and oxygen atoms in total. The Morgan fingerprint density at radius 2 is 2.38 bits per heavy atom. The molecule has 2 rings (SSSR count). The summed E-state index contributed by atoms with van der Waals surface area (Å²) in [7, 11) is 0. The Bertz CT molecular complexity index is 279. The van der Waals surface area contributed by atoms with Crippen LogP contribution in [0, 0.1) is 0 Å². The molecule has 1 fully saturated rings. The summed E-state index contributed by atoms with van der Waals surface area (Å²) in [6.45, 7) is 2.21. The van der Waals surface area contributed by atoms with E-state index >= 15 is 0 Å². The molecule has 1 aromatic rings. The van der Waals surface area contributed by atoms with Crippen LogP contribution in [0.4, 0.5) is 5.69 Å². The summed E-state index contributed by atoms with van der Waals surface area (Å²) in [5, 5.41) is 3.38. The van der Waals surface area contributed by atoms with Crippen molar-refractivity contribution < 1.29 is 0 Å². The highest BCUT2D eigenvalue weighted by Crippen LogP contribution is 2.23. The van der Waals surface area contributed by atoms with Crippen LogP contribution in [0.5, 0.6) is 0 Å². The molecule has 3 heteroatoms. The van der Waals surface area contributed by atoms with Crippen molar-refractivity contribution in [3.63, 3.8) is 0 Å². The zero-order valence-corrected chi connectivity index (χ0v) is 7.66. The Labute approximate surface area is 78.4 Å². The van der Waals surface area contributed by atoms with Gasteiger partial charge in [-0.25, -0.2) is 0 Å². The summed E-state index contributed by atoms with van der Waals surface area (Å²) < 4.78 is 0. The fraction of sp³-hybridized carbons (Fsp3) is 0.500. The van der Waals surface area contributed by atoms with Crippen molar-refractivity contribution in [2.24, 2.45) is 0 Å². The third kappa shape index (κ3) is 1.98. The third-order valence-electron chi connectivity index (χ3n) is 2.55. The number of aromatic nitrogens is 1. The predicted octanol–water partition coefficient (Wildman–Crippen LogP) is 1.13. The van der Waals surface area contributed by atoms with E-state index in [0.717, 1.165) is 18.8 Å². The second kappa shape index (κ2) is 3.75. The van der Waals surface area contributed by atoms with Crippen LogP contribution in [0.25, 0.3) is 0 Å². The van der Waals surface area contributed by atoms with Crippen LogP contribution >= 0.6 is 0 Å². The molecule has 13 heavy (non-hydrogen) atoms. The van der Waals surface area contributed by atoms with Gasteiger partial charge in [0.25, 0.3) is 0 Å². The highest BCUT2D eigenvalue weighted by molar-refractivity contribution is 5.38. The number of nitrogens with zero attached hydrogens (tertiary/aromatic N) is 1. The molecule has 0 radical (unpaired) electrons. The summed E-state index contributed by atoms with van der Waals surface area (Å²) in [4.78, 5) is 4.11. The largest absolute Gasteiger partial charge is 0.397 e. The van der Waals surface area contributed by atoms with Gasteiger partial charge in [0, 0.05) is 18.9 Å². The molecule has 1 saturated heterocycles. The molecule has 0 bridgehead atoms. The van der Waals surface area contributed by atoms with Crippen molar-refractivity contribution in [2.75, 3.05) is 18.8 Å². The van der Waals surface area contributed by atoms with Gasteiger partial charge in [-0.3, -0.25) is 4.98 Å². The van der Waals surface area contributed by atoms with Crippen LogP contribution in [-0.4, -0.2) is 18.1 Å². The SMILES string of the molecule is Nc1cncc(C2CCCNC2)c1. The number of hydrogen-bond donors (Lipinski definition) is 2. The first-order valence-corrected chi connectivity index (χ1v) is 4.77. The van der Waals surface area contributed by atoms with E-state index in [1.807, 2.05) is 12.3 Å². The standard InChI is InChI=1S/C10H15N3/c11-10-4-9(6-13-7-10)8-2-1-3-12-5-8/h4,6-8,12H,1-3,5,11H2. The number of nitrogens with one attached hydrogen (secondary N) is 1.